The van der Waals surface area contributed by atoms with E-state index in [-0.39, 0.29) is 11.9 Å². The summed E-state index contributed by atoms with van der Waals surface area (Å²) < 4.78 is 10.1. The van der Waals surface area contributed by atoms with Gasteiger partial charge in [0, 0.05) is 15.3 Å². The van der Waals surface area contributed by atoms with Gasteiger partial charge in [-0.2, -0.15) is 0 Å². The minimum atomic E-state index is -0.438. The molecule has 5 nitrogen and oxygen atoms in total. The molecule has 1 aromatic carbocycles. The van der Waals surface area contributed by atoms with Crippen LogP contribution in [0.2, 0.25) is 0 Å². The van der Waals surface area contributed by atoms with Crippen LogP contribution in [0.1, 0.15) is 37.2 Å². The molecule has 0 aliphatic carbocycles. The van der Waals surface area contributed by atoms with Crippen molar-refractivity contribution in [1.29, 1.82) is 0 Å². The Kier molecular flexibility index (Phi) is 5.93. The lowest BCUT2D eigenvalue weighted by atomic mass is 10.1. The Balaban J connectivity index is 1.72. The summed E-state index contributed by atoms with van der Waals surface area (Å²) in [6, 6.07) is 14.9. The van der Waals surface area contributed by atoms with E-state index in [1.54, 1.807) is 30.6 Å². The molecule has 0 saturated heterocycles. The van der Waals surface area contributed by atoms with Gasteiger partial charge in [0.05, 0.1) is 25.1 Å². The molecule has 0 aliphatic rings. The van der Waals surface area contributed by atoms with Crippen LogP contribution in [0, 0.1) is 0 Å². The molecule has 3 rings (SSSR count). The SMILES string of the molecule is COC(=O)c1ccc(C(=O)NC(C)c2ccc(-c3ccccc3OC)s2)s1. The average molecular weight is 402 g/mol. The van der Waals surface area contributed by atoms with Gasteiger partial charge in [0.1, 0.15) is 10.6 Å². The van der Waals surface area contributed by atoms with E-state index < -0.39 is 5.97 Å². The van der Waals surface area contributed by atoms with Crippen molar-refractivity contribution in [2.45, 2.75) is 13.0 Å². The fourth-order valence-corrected chi connectivity index (χ4v) is 4.46. The molecule has 0 aliphatic heterocycles. The van der Waals surface area contributed by atoms with E-state index in [1.165, 1.54) is 7.11 Å². The smallest absolute Gasteiger partial charge is 0.348 e. The summed E-state index contributed by atoms with van der Waals surface area (Å²) in [6.07, 6.45) is 0. The third-order valence-corrected chi connectivity index (χ3v) is 6.36. The highest BCUT2D eigenvalue weighted by Gasteiger charge is 2.18. The molecule has 3 aromatic rings. The summed E-state index contributed by atoms with van der Waals surface area (Å²) in [5.41, 5.74) is 1.02. The van der Waals surface area contributed by atoms with Gasteiger partial charge in [0.2, 0.25) is 0 Å². The normalized spacial score (nSPS) is 11.7. The first-order valence-corrected chi connectivity index (χ1v) is 9.89. The van der Waals surface area contributed by atoms with Crippen LogP contribution in [-0.4, -0.2) is 26.1 Å². The minimum Gasteiger partial charge on any atom is -0.496 e. The molecule has 0 bridgehead atoms. The zero-order chi connectivity index (χ0) is 19.4. The molecule has 2 heterocycles. The Morgan fingerprint density at radius 1 is 0.963 bits per heavy atom. The standard InChI is InChI=1S/C20H19NO4S2/c1-12(21-19(22)17-10-11-18(27-17)20(23)25-3)15-8-9-16(26-15)13-6-4-5-7-14(13)24-2/h4-12H,1-3H3,(H,21,22). The highest BCUT2D eigenvalue weighted by Crippen LogP contribution is 2.36. The molecule has 1 unspecified atom stereocenters. The first kappa shape index (κ1) is 19.1. The number of thiophene rings is 2. The zero-order valence-corrected chi connectivity index (χ0v) is 16.8. The van der Waals surface area contributed by atoms with E-state index in [0.29, 0.717) is 9.75 Å². The molecule has 1 atom stereocenters. The van der Waals surface area contributed by atoms with Crippen molar-refractivity contribution >= 4 is 34.6 Å². The third kappa shape index (κ3) is 4.20. The van der Waals surface area contributed by atoms with Gasteiger partial charge < -0.3 is 14.8 Å². The van der Waals surface area contributed by atoms with E-state index in [9.17, 15) is 9.59 Å². The monoisotopic (exact) mass is 401 g/mol. The summed E-state index contributed by atoms with van der Waals surface area (Å²) in [7, 11) is 2.97. The molecule has 1 N–H and O–H groups in total. The highest BCUT2D eigenvalue weighted by molar-refractivity contribution is 7.16. The number of para-hydroxylation sites is 1. The quantitative estimate of drug-likeness (QED) is 0.605. The van der Waals surface area contributed by atoms with Gasteiger partial charge in [-0.3, -0.25) is 4.79 Å². The van der Waals surface area contributed by atoms with Gasteiger partial charge in [-0.05, 0) is 43.3 Å². The van der Waals surface area contributed by atoms with Crippen LogP contribution in [0.5, 0.6) is 5.75 Å². The fourth-order valence-electron chi connectivity index (χ4n) is 2.59. The topological polar surface area (TPSA) is 64.6 Å². The van der Waals surface area contributed by atoms with E-state index in [2.05, 4.69) is 10.1 Å². The Labute approximate surface area is 165 Å². The second-order valence-electron chi connectivity index (χ2n) is 5.75. The number of hydrogen-bond acceptors (Lipinski definition) is 6. The molecule has 27 heavy (non-hydrogen) atoms. The lowest BCUT2D eigenvalue weighted by molar-refractivity contribution is 0.0606. The maximum absolute atomic E-state index is 12.5. The van der Waals surface area contributed by atoms with E-state index in [4.69, 9.17) is 4.74 Å². The number of nitrogens with one attached hydrogen (secondary N) is 1. The van der Waals surface area contributed by atoms with Crippen LogP contribution in [0.3, 0.4) is 0 Å². The predicted molar refractivity (Wildman–Crippen MR) is 108 cm³/mol. The highest BCUT2D eigenvalue weighted by atomic mass is 32.1. The van der Waals surface area contributed by atoms with Crippen LogP contribution in [-0.2, 0) is 4.74 Å². The average Bonchev–Trinajstić information content (AvgIpc) is 3.37. The first-order chi connectivity index (χ1) is 13.0. The van der Waals surface area contributed by atoms with Gasteiger partial charge in [0.15, 0.2) is 0 Å². The van der Waals surface area contributed by atoms with Crippen molar-refractivity contribution in [2.75, 3.05) is 14.2 Å². The summed E-state index contributed by atoms with van der Waals surface area (Å²) in [5, 5.41) is 2.97. The molecule has 2 aromatic heterocycles. The molecule has 0 saturated carbocycles. The number of carbonyl (C=O) groups excluding carboxylic acids is 2. The van der Waals surface area contributed by atoms with Gasteiger partial charge in [-0.1, -0.05) is 12.1 Å². The predicted octanol–water partition coefficient (Wildman–Crippen LogP) is 4.76. The van der Waals surface area contributed by atoms with E-state index in [0.717, 1.165) is 32.4 Å². The fraction of sp³-hybridized carbons (Fsp3) is 0.200. The Morgan fingerprint density at radius 2 is 1.70 bits per heavy atom. The largest absolute Gasteiger partial charge is 0.496 e. The summed E-state index contributed by atoms with van der Waals surface area (Å²) in [4.78, 5) is 27.0. The molecule has 7 heteroatoms. The number of amides is 1. The maximum Gasteiger partial charge on any atom is 0.348 e. The van der Waals surface area contributed by atoms with Crippen molar-refractivity contribution in [1.82, 2.24) is 5.32 Å². The summed E-state index contributed by atoms with van der Waals surface area (Å²) >= 11 is 2.73. The van der Waals surface area contributed by atoms with Crippen LogP contribution in [0.25, 0.3) is 10.4 Å². The van der Waals surface area contributed by atoms with Crippen LogP contribution in [0.15, 0.2) is 48.5 Å². The van der Waals surface area contributed by atoms with E-state index in [1.807, 2.05) is 43.3 Å². The number of esters is 1. The number of methoxy groups -OCH3 is 2. The lowest BCUT2D eigenvalue weighted by Gasteiger charge is -2.11. The van der Waals surface area contributed by atoms with Crippen molar-refractivity contribution in [2.24, 2.45) is 0 Å². The Bertz CT molecular complexity index is 960. The first-order valence-electron chi connectivity index (χ1n) is 8.25. The molecular formula is C20H19NO4S2. The molecule has 0 spiro atoms. The number of hydrogen-bond donors (Lipinski definition) is 1. The molecule has 0 fully saturated rings. The van der Waals surface area contributed by atoms with Crippen LogP contribution < -0.4 is 10.1 Å². The van der Waals surface area contributed by atoms with E-state index >= 15 is 0 Å². The second-order valence-corrected chi connectivity index (χ2v) is 7.95. The second kappa shape index (κ2) is 8.37. The minimum absolute atomic E-state index is 0.158. The zero-order valence-electron chi connectivity index (χ0n) is 15.1. The number of benzene rings is 1. The van der Waals surface area contributed by atoms with Crippen molar-refractivity contribution in [3.05, 3.63) is 63.2 Å². The van der Waals surface area contributed by atoms with Gasteiger partial charge in [-0.25, -0.2) is 4.79 Å². The van der Waals surface area contributed by atoms with Gasteiger partial charge in [-0.15, -0.1) is 22.7 Å². The third-order valence-electron chi connectivity index (χ3n) is 3.99. The molecule has 140 valence electrons. The van der Waals surface area contributed by atoms with Gasteiger partial charge in [0.25, 0.3) is 5.91 Å². The van der Waals surface area contributed by atoms with Crippen molar-refractivity contribution < 1.29 is 19.1 Å². The molecule has 1 amide bonds. The number of rotatable bonds is 6. The molecular weight excluding hydrogens is 382 g/mol. The molecule has 0 radical (unpaired) electrons. The summed E-state index contributed by atoms with van der Waals surface area (Å²) in [6.45, 7) is 1.94. The van der Waals surface area contributed by atoms with Crippen LogP contribution >= 0.6 is 22.7 Å². The summed E-state index contributed by atoms with van der Waals surface area (Å²) in [5.74, 6) is 0.165. The lowest BCUT2D eigenvalue weighted by Crippen LogP contribution is -2.25. The van der Waals surface area contributed by atoms with Crippen molar-refractivity contribution in [3.8, 4) is 16.2 Å². The Morgan fingerprint density at radius 3 is 2.44 bits per heavy atom. The number of ether oxygens (including phenoxy) is 2. The number of carbonyl (C=O) groups is 2. The Hall–Kier alpha value is -2.64. The van der Waals surface area contributed by atoms with Crippen molar-refractivity contribution in [3.63, 3.8) is 0 Å². The van der Waals surface area contributed by atoms with Crippen LogP contribution in [0.4, 0.5) is 0 Å². The van der Waals surface area contributed by atoms with Gasteiger partial charge >= 0.3 is 5.97 Å². The maximum atomic E-state index is 12.5.